The fourth-order valence-corrected chi connectivity index (χ4v) is 5.23. The molecule has 0 bridgehead atoms. The van der Waals surface area contributed by atoms with Crippen molar-refractivity contribution in [1.82, 2.24) is 5.32 Å². The van der Waals surface area contributed by atoms with Gasteiger partial charge in [-0.1, -0.05) is 31.2 Å². The summed E-state index contributed by atoms with van der Waals surface area (Å²) >= 11 is 1.53. The number of anilines is 1. The molecule has 0 aliphatic heterocycles. The zero-order valence-electron chi connectivity index (χ0n) is 17.8. The van der Waals surface area contributed by atoms with Gasteiger partial charge < -0.3 is 5.32 Å². The number of rotatable bonds is 8. The second-order valence-electron chi connectivity index (χ2n) is 7.73. The molecule has 5 nitrogen and oxygen atoms in total. The largest absolute Gasteiger partial charge is 0.348 e. The Kier molecular flexibility index (Phi) is 7.47. The normalized spacial score (nSPS) is 14.6. The fraction of sp³-hybridized carbons (Fsp3) is 0.435. The lowest BCUT2D eigenvalue weighted by Crippen LogP contribution is -2.41. The maximum absolute atomic E-state index is 12.8. The van der Waals surface area contributed by atoms with Crippen LogP contribution >= 0.6 is 11.8 Å². The highest BCUT2D eigenvalue weighted by Gasteiger charge is 2.23. The molecule has 3 rings (SSSR count). The molecule has 0 spiro atoms. The highest BCUT2D eigenvalue weighted by Crippen LogP contribution is 2.27. The number of nitrogens with zero attached hydrogens (tertiary/aromatic N) is 1. The number of sulfonamides is 1. The average Bonchev–Trinajstić information content (AvgIpc) is 2.74. The lowest BCUT2D eigenvalue weighted by Gasteiger charge is -2.25. The number of hydrogen-bond acceptors (Lipinski definition) is 4. The van der Waals surface area contributed by atoms with Gasteiger partial charge in [0.25, 0.3) is 0 Å². The Morgan fingerprint density at radius 3 is 2.53 bits per heavy atom. The molecule has 162 valence electrons. The van der Waals surface area contributed by atoms with Gasteiger partial charge in [0.1, 0.15) is 6.54 Å². The molecule has 0 heterocycles. The third-order valence-corrected chi connectivity index (χ3v) is 7.41. The van der Waals surface area contributed by atoms with Crippen LogP contribution in [0.4, 0.5) is 5.69 Å². The van der Waals surface area contributed by atoms with E-state index in [4.69, 9.17) is 0 Å². The molecule has 0 unspecified atom stereocenters. The van der Waals surface area contributed by atoms with E-state index in [1.165, 1.54) is 40.0 Å². The predicted octanol–water partition coefficient (Wildman–Crippen LogP) is 4.32. The lowest BCUT2D eigenvalue weighted by molar-refractivity contribution is -0.120. The van der Waals surface area contributed by atoms with Crippen LogP contribution in [-0.2, 0) is 27.7 Å². The first kappa shape index (κ1) is 22.7. The molecule has 1 aliphatic rings. The van der Waals surface area contributed by atoms with Crippen molar-refractivity contribution >= 4 is 33.4 Å². The van der Waals surface area contributed by atoms with E-state index < -0.39 is 10.0 Å². The van der Waals surface area contributed by atoms with Crippen molar-refractivity contribution in [3.63, 3.8) is 0 Å². The third kappa shape index (κ3) is 5.58. The molecule has 0 saturated heterocycles. The minimum atomic E-state index is -3.59. The van der Waals surface area contributed by atoms with Gasteiger partial charge in [-0.3, -0.25) is 9.10 Å². The monoisotopic (exact) mass is 446 g/mol. The van der Waals surface area contributed by atoms with E-state index in [0.29, 0.717) is 5.69 Å². The minimum Gasteiger partial charge on any atom is -0.348 e. The van der Waals surface area contributed by atoms with Gasteiger partial charge in [-0.2, -0.15) is 0 Å². The van der Waals surface area contributed by atoms with Crippen LogP contribution in [0.3, 0.4) is 0 Å². The van der Waals surface area contributed by atoms with E-state index >= 15 is 0 Å². The van der Waals surface area contributed by atoms with Crippen LogP contribution in [0, 0.1) is 0 Å². The molecule has 1 amide bonds. The Balaban J connectivity index is 1.77. The maximum Gasteiger partial charge on any atom is 0.241 e. The number of hydrogen-bond donors (Lipinski definition) is 1. The van der Waals surface area contributed by atoms with E-state index in [1.807, 2.05) is 19.2 Å². The molecule has 1 atom stereocenters. The van der Waals surface area contributed by atoms with Crippen LogP contribution in [0.25, 0.3) is 0 Å². The predicted molar refractivity (Wildman–Crippen MR) is 125 cm³/mol. The summed E-state index contributed by atoms with van der Waals surface area (Å²) in [6.07, 6.45) is 8.45. The van der Waals surface area contributed by atoms with Gasteiger partial charge in [0, 0.05) is 4.90 Å². The van der Waals surface area contributed by atoms with E-state index in [2.05, 4.69) is 23.5 Å². The van der Waals surface area contributed by atoms with Gasteiger partial charge in [0.05, 0.1) is 18.0 Å². The van der Waals surface area contributed by atoms with Crippen molar-refractivity contribution < 1.29 is 13.2 Å². The third-order valence-electron chi connectivity index (χ3n) is 5.55. The van der Waals surface area contributed by atoms with Crippen LogP contribution in [0.2, 0.25) is 0 Å². The summed E-state index contributed by atoms with van der Waals surface area (Å²) in [6.45, 7) is 1.79. The van der Waals surface area contributed by atoms with Gasteiger partial charge >= 0.3 is 0 Å². The van der Waals surface area contributed by atoms with Crippen molar-refractivity contribution in [2.75, 3.05) is 23.4 Å². The minimum absolute atomic E-state index is 0.135. The number of nitrogens with one attached hydrogen (secondary N) is 1. The van der Waals surface area contributed by atoms with Crippen molar-refractivity contribution in [1.29, 1.82) is 0 Å². The van der Waals surface area contributed by atoms with Crippen LogP contribution in [0.5, 0.6) is 0 Å². The number of benzene rings is 2. The molecule has 2 aromatic rings. The Morgan fingerprint density at radius 1 is 1.13 bits per heavy atom. The highest BCUT2D eigenvalue weighted by atomic mass is 32.2. The Morgan fingerprint density at radius 2 is 1.87 bits per heavy atom. The summed E-state index contributed by atoms with van der Waals surface area (Å²) in [7, 11) is -3.59. The van der Waals surface area contributed by atoms with Crippen LogP contribution < -0.4 is 9.62 Å². The molecule has 2 aromatic carbocycles. The van der Waals surface area contributed by atoms with Crippen molar-refractivity contribution in [3.8, 4) is 0 Å². The molecule has 1 aliphatic carbocycles. The number of carbonyl (C=O) groups excluding carboxylic acids is 1. The average molecular weight is 447 g/mol. The highest BCUT2D eigenvalue weighted by molar-refractivity contribution is 7.98. The topological polar surface area (TPSA) is 66.5 Å². The number of fused-ring (bicyclic) bond motifs is 1. The Labute approximate surface area is 184 Å². The molecule has 0 fully saturated rings. The number of carbonyl (C=O) groups is 1. The van der Waals surface area contributed by atoms with Gasteiger partial charge in [-0.15, -0.1) is 11.8 Å². The fourth-order valence-electron chi connectivity index (χ4n) is 3.93. The van der Waals surface area contributed by atoms with E-state index in [9.17, 15) is 13.2 Å². The summed E-state index contributed by atoms with van der Waals surface area (Å²) in [6, 6.07) is 13.6. The van der Waals surface area contributed by atoms with Crippen molar-refractivity contribution in [2.45, 2.75) is 50.0 Å². The molecule has 0 aromatic heterocycles. The second kappa shape index (κ2) is 9.88. The molecule has 0 saturated carbocycles. The summed E-state index contributed by atoms with van der Waals surface area (Å²) in [4.78, 5) is 13.8. The molecule has 0 radical (unpaired) electrons. The summed E-state index contributed by atoms with van der Waals surface area (Å²) < 4.78 is 26.0. The van der Waals surface area contributed by atoms with E-state index in [0.717, 1.165) is 36.0 Å². The summed E-state index contributed by atoms with van der Waals surface area (Å²) in [5, 5.41) is 3.04. The van der Waals surface area contributed by atoms with E-state index in [1.54, 1.807) is 18.2 Å². The first-order valence-electron chi connectivity index (χ1n) is 10.3. The zero-order valence-corrected chi connectivity index (χ0v) is 19.5. The molecule has 7 heteroatoms. The smallest absolute Gasteiger partial charge is 0.241 e. The number of aryl methyl sites for hydroxylation is 2. The number of thioether (sulfide) groups is 1. The Hall–Kier alpha value is -1.99. The first-order valence-corrected chi connectivity index (χ1v) is 13.4. The maximum atomic E-state index is 12.8. The van der Waals surface area contributed by atoms with Crippen molar-refractivity contribution in [3.05, 3.63) is 59.2 Å². The van der Waals surface area contributed by atoms with Crippen molar-refractivity contribution in [2.24, 2.45) is 0 Å². The SMILES string of the molecule is CC[C@H](NC(=O)CN(c1cccc(SC)c1)S(C)(=O)=O)c1ccc2c(c1)CCCC2. The summed E-state index contributed by atoms with van der Waals surface area (Å²) in [5.41, 5.74) is 4.37. The standard InChI is InChI=1S/C23H30N2O3S2/c1-4-22(19-13-12-17-8-5-6-9-18(17)14-19)24-23(26)16-25(30(3,27)28)20-10-7-11-21(15-20)29-2/h7,10-15,22H,4-6,8-9,16H2,1-3H3,(H,24,26)/t22-/m0/s1. The van der Waals surface area contributed by atoms with Crippen LogP contribution in [0.1, 0.15) is 48.9 Å². The molecular weight excluding hydrogens is 416 g/mol. The van der Waals surface area contributed by atoms with Gasteiger partial charge in [0.15, 0.2) is 0 Å². The molecular formula is C23H30N2O3S2. The van der Waals surface area contributed by atoms with Crippen LogP contribution in [0.15, 0.2) is 47.4 Å². The molecule has 1 N–H and O–H groups in total. The van der Waals surface area contributed by atoms with Gasteiger partial charge in [-0.25, -0.2) is 8.42 Å². The summed E-state index contributed by atoms with van der Waals surface area (Å²) in [5.74, 6) is -0.306. The number of amides is 1. The van der Waals surface area contributed by atoms with E-state index in [-0.39, 0.29) is 18.5 Å². The van der Waals surface area contributed by atoms with Crippen LogP contribution in [-0.4, -0.2) is 33.4 Å². The zero-order chi connectivity index (χ0) is 21.7. The quantitative estimate of drug-likeness (QED) is 0.613. The first-order chi connectivity index (χ1) is 14.3. The Bertz CT molecular complexity index is 1010. The lowest BCUT2D eigenvalue weighted by atomic mass is 9.89. The van der Waals surface area contributed by atoms with Gasteiger partial charge in [-0.05, 0) is 73.2 Å². The second-order valence-corrected chi connectivity index (χ2v) is 10.5. The van der Waals surface area contributed by atoms with Gasteiger partial charge in [0.2, 0.25) is 15.9 Å². The molecule has 30 heavy (non-hydrogen) atoms.